The number of hydrogen-bond acceptors (Lipinski definition) is 9. The zero-order chi connectivity index (χ0) is 31.7. The van der Waals surface area contributed by atoms with Gasteiger partial charge in [-0.2, -0.15) is 0 Å². The fourth-order valence-electron chi connectivity index (χ4n) is 4.64. The first-order valence-corrected chi connectivity index (χ1v) is 13.7. The highest BCUT2D eigenvalue weighted by Gasteiger charge is 2.25. The van der Waals surface area contributed by atoms with Gasteiger partial charge in [-0.05, 0) is 55.6 Å². The minimum absolute atomic E-state index is 0.00576. The molecule has 5 aromatic rings. The number of nitro benzene ring substituents is 1. The minimum Gasteiger partial charge on any atom is -0.479 e. The predicted octanol–water partition coefficient (Wildman–Crippen LogP) is 4.04. The lowest BCUT2D eigenvalue weighted by Crippen LogP contribution is -2.39. The van der Waals surface area contributed by atoms with Crippen LogP contribution in [0.25, 0.3) is 26.3 Å². The van der Waals surface area contributed by atoms with Crippen molar-refractivity contribution in [3.05, 3.63) is 115 Å². The zero-order valence-corrected chi connectivity index (χ0v) is 24.0. The van der Waals surface area contributed by atoms with E-state index in [1.54, 1.807) is 19.0 Å². The Bertz CT molecular complexity index is 2000. The number of pyridine rings is 1. The van der Waals surface area contributed by atoms with Gasteiger partial charge in [0.1, 0.15) is 16.5 Å². The third-order valence-electron chi connectivity index (χ3n) is 6.59. The summed E-state index contributed by atoms with van der Waals surface area (Å²) in [5.41, 5.74) is -1.11. The van der Waals surface area contributed by atoms with E-state index >= 15 is 0 Å². The molecule has 226 valence electrons. The highest BCUT2D eigenvalue weighted by Crippen LogP contribution is 2.38. The average molecular weight is 624 g/mol. The number of benzene rings is 2. The van der Waals surface area contributed by atoms with Gasteiger partial charge in [-0.1, -0.05) is 6.07 Å². The largest absolute Gasteiger partial charge is 0.479 e. The molecule has 0 aliphatic rings. The van der Waals surface area contributed by atoms with Gasteiger partial charge >= 0.3 is 11.7 Å². The van der Waals surface area contributed by atoms with E-state index in [-0.39, 0.29) is 34.0 Å². The molecule has 12 nitrogen and oxygen atoms in total. The summed E-state index contributed by atoms with van der Waals surface area (Å²) < 4.78 is 36.6. The van der Waals surface area contributed by atoms with Crippen LogP contribution < -0.4 is 16.0 Å². The number of ether oxygens (including phenoxy) is 1. The summed E-state index contributed by atoms with van der Waals surface area (Å²) in [5.74, 6) is -3.06. The van der Waals surface area contributed by atoms with Gasteiger partial charge in [0.2, 0.25) is 5.88 Å². The van der Waals surface area contributed by atoms with Gasteiger partial charge in [-0.25, -0.2) is 27.9 Å². The number of carboxylic acids is 1. The Morgan fingerprint density at radius 1 is 1.07 bits per heavy atom. The summed E-state index contributed by atoms with van der Waals surface area (Å²) in [7, 11) is 3.54. The quantitative estimate of drug-likeness (QED) is 0.180. The lowest BCUT2D eigenvalue weighted by Gasteiger charge is -2.15. The van der Waals surface area contributed by atoms with Crippen molar-refractivity contribution in [2.45, 2.75) is 13.1 Å². The second kappa shape index (κ2) is 12.1. The molecule has 0 saturated carbocycles. The molecule has 0 spiro atoms. The number of aliphatic carboxylic acids is 1. The Labute approximate surface area is 250 Å². The summed E-state index contributed by atoms with van der Waals surface area (Å²) in [6, 6.07) is 11.6. The Hall–Kier alpha value is -5.28. The molecule has 0 unspecified atom stereocenters. The number of hydrogen-bond donors (Lipinski definition) is 1. The fraction of sp³-hybridized carbons (Fsp3) is 0.172. The van der Waals surface area contributed by atoms with E-state index in [9.17, 15) is 33.3 Å². The fourth-order valence-corrected chi connectivity index (χ4v) is 5.94. The standard InChI is InChI=1S/C29H23F2N5O7S/c1-33(2)13-20-25-27(39)35(18-10-11-23(32-12-18)43-15-24(37)38)29(40)34(14-19-21(30)4-3-5-22(19)31)28(25)44-26(20)16-6-8-17(9-7-16)36(41)42/h3-12H,13-15H2,1-2H3,(H,37,38). The topological polar surface area (TPSA) is 150 Å². The van der Waals surface area contributed by atoms with Crippen LogP contribution in [0.2, 0.25) is 0 Å². The van der Waals surface area contributed by atoms with Crippen LogP contribution in [0.1, 0.15) is 11.1 Å². The molecule has 1 N–H and O–H groups in total. The number of halogens is 2. The number of nitrogens with zero attached hydrogens (tertiary/aromatic N) is 5. The summed E-state index contributed by atoms with van der Waals surface area (Å²) >= 11 is 1.05. The Morgan fingerprint density at radius 2 is 1.75 bits per heavy atom. The van der Waals surface area contributed by atoms with E-state index < -0.39 is 52.5 Å². The molecule has 3 heterocycles. The third-order valence-corrected chi connectivity index (χ3v) is 7.89. The van der Waals surface area contributed by atoms with E-state index in [0.29, 0.717) is 16.0 Å². The number of non-ortho nitro benzene ring substituents is 1. The Balaban J connectivity index is 1.81. The van der Waals surface area contributed by atoms with Crippen molar-refractivity contribution in [1.29, 1.82) is 0 Å². The molecule has 0 aliphatic heterocycles. The molecular formula is C29H23F2N5O7S. The number of aromatic nitrogens is 3. The molecule has 15 heteroatoms. The maximum absolute atomic E-state index is 14.8. The average Bonchev–Trinajstić information content (AvgIpc) is 3.34. The molecule has 0 bridgehead atoms. The summed E-state index contributed by atoms with van der Waals surface area (Å²) in [4.78, 5) is 56.2. The van der Waals surface area contributed by atoms with Gasteiger partial charge in [0.05, 0.1) is 28.7 Å². The van der Waals surface area contributed by atoms with Gasteiger partial charge in [0, 0.05) is 35.2 Å². The summed E-state index contributed by atoms with van der Waals surface area (Å²) in [6.45, 7) is -0.996. The molecule has 0 atom stereocenters. The minimum atomic E-state index is -1.23. The van der Waals surface area contributed by atoms with Crippen molar-refractivity contribution in [3.8, 4) is 22.0 Å². The first-order chi connectivity index (χ1) is 21.0. The van der Waals surface area contributed by atoms with E-state index in [1.165, 1.54) is 42.5 Å². The number of carbonyl (C=O) groups is 1. The summed E-state index contributed by atoms with van der Waals surface area (Å²) in [6.07, 6.45) is 1.15. The number of rotatable bonds is 10. The van der Waals surface area contributed by atoms with Gasteiger partial charge in [0.15, 0.2) is 6.61 Å². The van der Waals surface area contributed by atoms with Crippen molar-refractivity contribution >= 4 is 33.2 Å². The van der Waals surface area contributed by atoms with Crippen molar-refractivity contribution in [1.82, 2.24) is 19.0 Å². The SMILES string of the molecule is CN(C)Cc1c(-c2ccc([N+](=O)[O-])cc2)sc2c1c(=O)n(-c1ccc(OCC(=O)O)nc1)c(=O)n2Cc1c(F)cccc1F. The molecule has 3 aromatic heterocycles. The lowest BCUT2D eigenvalue weighted by molar-refractivity contribution is -0.384. The van der Waals surface area contributed by atoms with E-state index in [2.05, 4.69) is 4.98 Å². The van der Waals surface area contributed by atoms with Crippen molar-refractivity contribution in [2.24, 2.45) is 0 Å². The van der Waals surface area contributed by atoms with Crippen molar-refractivity contribution < 1.29 is 28.3 Å². The number of nitro groups is 1. The molecule has 0 amide bonds. The van der Waals surface area contributed by atoms with Crippen LogP contribution in [0.5, 0.6) is 5.88 Å². The predicted molar refractivity (Wildman–Crippen MR) is 158 cm³/mol. The van der Waals surface area contributed by atoms with Crippen LogP contribution >= 0.6 is 11.3 Å². The maximum Gasteiger partial charge on any atom is 0.341 e. The molecule has 2 aromatic carbocycles. The van der Waals surface area contributed by atoms with E-state index in [1.807, 2.05) is 0 Å². The highest BCUT2D eigenvalue weighted by molar-refractivity contribution is 7.22. The first-order valence-electron chi connectivity index (χ1n) is 12.9. The molecule has 0 radical (unpaired) electrons. The lowest BCUT2D eigenvalue weighted by atomic mass is 10.1. The highest BCUT2D eigenvalue weighted by atomic mass is 32.1. The molecule has 0 fully saturated rings. The molecule has 44 heavy (non-hydrogen) atoms. The number of fused-ring (bicyclic) bond motifs is 1. The van der Waals surface area contributed by atoms with E-state index in [0.717, 1.165) is 38.8 Å². The molecule has 5 rings (SSSR count). The van der Waals surface area contributed by atoms with Crippen LogP contribution in [0.15, 0.2) is 70.4 Å². The molecule has 0 saturated heterocycles. The van der Waals surface area contributed by atoms with Crippen LogP contribution in [0.3, 0.4) is 0 Å². The van der Waals surface area contributed by atoms with Crippen LogP contribution in [-0.2, 0) is 17.9 Å². The van der Waals surface area contributed by atoms with Gasteiger partial charge in [-0.3, -0.25) is 19.5 Å². The van der Waals surface area contributed by atoms with Crippen LogP contribution in [0, 0.1) is 21.7 Å². The van der Waals surface area contributed by atoms with E-state index in [4.69, 9.17) is 9.84 Å². The third kappa shape index (κ3) is 5.82. The van der Waals surface area contributed by atoms with Gasteiger partial charge < -0.3 is 14.7 Å². The normalized spacial score (nSPS) is 11.3. The summed E-state index contributed by atoms with van der Waals surface area (Å²) in [5, 5.41) is 20.2. The molecular weight excluding hydrogens is 600 g/mol. The number of thiophene rings is 1. The maximum atomic E-state index is 14.8. The Kier molecular flexibility index (Phi) is 8.33. The molecule has 0 aliphatic carbocycles. The second-order valence-corrected chi connectivity index (χ2v) is 10.9. The van der Waals surface area contributed by atoms with Gasteiger partial charge in [-0.15, -0.1) is 11.3 Å². The smallest absolute Gasteiger partial charge is 0.341 e. The van der Waals surface area contributed by atoms with Crippen molar-refractivity contribution in [3.63, 3.8) is 0 Å². The Morgan fingerprint density at radius 3 is 2.32 bits per heavy atom. The second-order valence-electron chi connectivity index (χ2n) is 9.88. The van der Waals surface area contributed by atoms with Crippen LogP contribution in [0.4, 0.5) is 14.5 Å². The van der Waals surface area contributed by atoms with Crippen molar-refractivity contribution in [2.75, 3.05) is 20.7 Å². The van der Waals surface area contributed by atoms with Gasteiger partial charge in [0.25, 0.3) is 11.2 Å². The number of carboxylic acid groups (broad SMARTS) is 1. The van der Waals surface area contributed by atoms with Crippen LogP contribution in [-0.4, -0.2) is 55.7 Å². The zero-order valence-electron chi connectivity index (χ0n) is 23.2. The monoisotopic (exact) mass is 623 g/mol. The first kappa shape index (κ1) is 30.2.